The number of hydrogen-bond acceptors (Lipinski definition) is 4. The van der Waals surface area contributed by atoms with Crippen molar-refractivity contribution in [1.82, 2.24) is 15.1 Å². The van der Waals surface area contributed by atoms with E-state index in [1.807, 2.05) is 19.3 Å². The zero-order valence-electron chi connectivity index (χ0n) is 11.2. The average molecular weight is 272 g/mol. The van der Waals surface area contributed by atoms with Crippen molar-refractivity contribution in [2.75, 3.05) is 0 Å². The number of nitro benzene ring substituents is 1. The van der Waals surface area contributed by atoms with Crippen LogP contribution in [0.4, 0.5) is 5.69 Å². The Morgan fingerprint density at radius 3 is 3.00 bits per heavy atom. The second-order valence-electron chi connectivity index (χ2n) is 5.14. The van der Waals surface area contributed by atoms with Crippen LogP contribution in [-0.4, -0.2) is 20.7 Å². The van der Waals surface area contributed by atoms with Gasteiger partial charge in [0.05, 0.1) is 10.6 Å². The summed E-state index contributed by atoms with van der Waals surface area (Å²) < 4.78 is 1.75. The predicted molar refractivity (Wildman–Crippen MR) is 75.2 cm³/mol. The Morgan fingerprint density at radius 1 is 1.50 bits per heavy atom. The molecule has 6 heteroatoms. The van der Waals surface area contributed by atoms with Gasteiger partial charge in [0.1, 0.15) is 0 Å². The van der Waals surface area contributed by atoms with Crippen LogP contribution < -0.4 is 5.32 Å². The van der Waals surface area contributed by atoms with Gasteiger partial charge in [0.2, 0.25) is 0 Å². The smallest absolute Gasteiger partial charge is 0.270 e. The van der Waals surface area contributed by atoms with Crippen molar-refractivity contribution in [2.24, 2.45) is 7.05 Å². The molecule has 3 rings (SSSR count). The number of nitrogens with one attached hydrogen (secondary N) is 1. The molecule has 0 spiro atoms. The zero-order valence-corrected chi connectivity index (χ0v) is 11.2. The standard InChI is InChI=1S/C14H16N4O2/c1-17-9-11(8-15-12-5-6-12)14(16-17)10-3-2-4-13(7-10)18(19)20/h2-4,7,9,12,15H,5-6,8H2,1H3. The van der Waals surface area contributed by atoms with E-state index in [0.717, 1.165) is 23.4 Å². The van der Waals surface area contributed by atoms with Crippen molar-refractivity contribution in [3.8, 4) is 11.3 Å². The highest BCUT2D eigenvalue weighted by molar-refractivity contribution is 5.65. The molecule has 1 aromatic carbocycles. The second kappa shape index (κ2) is 5.05. The minimum Gasteiger partial charge on any atom is -0.310 e. The van der Waals surface area contributed by atoms with Crippen LogP contribution >= 0.6 is 0 Å². The van der Waals surface area contributed by atoms with E-state index in [1.165, 1.54) is 18.9 Å². The lowest BCUT2D eigenvalue weighted by Gasteiger charge is -2.03. The summed E-state index contributed by atoms with van der Waals surface area (Å²) in [5.74, 6) is 0. The van der Waals surface area contributed by atoms with E-state index < -0.39 is 0 Å². The van der Waals surface area contributed by atoms with Crippen molar-refractivity contribution in [3.63, 3.8) is 0 Å². The van der Waals surface area contributed by atoms with Crippen molar-refractivity contribution in [1.29, 1.82) is 0 Å². The Labute approximate surface area is 116 Å². The van der Waals surface area contributed by atoms with Crippen LogP contribution in [-0.2, 0) is 13.6 Å². The molecule has 0 amide bonds. The first-order valence-corrected chi connectivity index (χ1v) is 6.64. The molecule has 1 aliphatic carbocycles. The molecule has 6 nitrogen and oxygen atoms in total. The summed E-state index contributed by atoms with van der Waals surface area (Å²) >= 11 is 0. The molecular weight excluding hydrogens is 256 g/mol. The fourth-order valence-corrected chi connectivity index (χ4v) is 2.22. The van der Waals surface area contributed by atoms with E-state index in [9.17, 15) is 10.1 Å². The molecule has 0 aliphatic heterocycles. The Morgan fingerprint density at radius 2 is 2.30 bits per heavy atom. The molecule has 1 fully saturated rings. The lowest BCUT2D eigenvalue weighted by atomic mass is 10.1. The molecule has 0 atom stereocenters. The first-order chi connectivity index (χ1) is 9.63. The number of aromatic nitrogens is 2. The Balaban J connectivity index is 1.91. The second-order valence-corrected chi connectivity index (χ2v) is 5.14. The summed E-state index contributed by atoms with van der Waals surface area (Å²) in [5, 5.41) is 18.7. The van der Waals surface area contributed by atoms with E-state index in [2.05, 4.69) is 10.4 Å². The van der Waals surface area contributed by atoms with Crippen molar-refractivity contribution in [2.45, 2.75) is 25.4 Å². The third-order valence-corrected chi connectivity index (χ3v) is 3.39. The number of benzene rings is 1. The molecule has 1 heterocycles. The summed E-state index contributed by atoms with van der Waals surface area (Å²) in [6, 6.07) is 7.24. The molecule has 1 aliphatic rings. The van der Waals surface area contributed by atoms with Gasteiger partial charge in [0, 0.05) is 49.1 Å². The minimum absolute atomic E-state index is 0.0919. The molecule has 20 heavy (non-hydrogen) atoms. The SMILES string of the molecule is Cn1cc(CNC2CC2)c(-c2cccc([N+](=O)[O-])c2)n1. The van der Waals surface area contributed by atoms with Crippen LogP contribution in [0.15, 0.2) is 30.5 Å². The molecule has 0 bridgehead atoms. The number of nitrogens with zero attached hydrogens (tertiary/aromatic N) is 3. The highest BCUT2D eigenvalue weighted by Gasteiger charge is 2.21. The van der Waals surface area contributed by atoms with Gasteiger partial charge in [0.15, 0.2) is 0 Å². The van der Waals surface area contributed by atoms with Gasteiger partial charge in [-0.15, -0.1) is 0 Å². The maximum atomic E-state index is 10.9. The van der Waals surface area contributed by atoms with Gasteiger partial charge < -0.3 is 5.32 Å². The number of non-ortho nitro benzene ring substituents is 1. The van der Waals surface area contributed by atoms with E-state index in [0.29, 0.717) is 6.04 Å². The molecule has 1 saturated carbocycles. The summed E-state index contributed by atoms with van der Waals surface area (Å²) in [6.07, 6.45) is 4.42. The summed E-state index contributed by atoms with van der Waals surface area (Å²) in [6.45, 7) is 0.747. The van der Waals surface area contributed by atoms with Crippen LogP contribution in [0, 0.1) is 10.1 Å². The maximum Gasteiger partial charge on any atom is 0.270 e. The molecule has 2 aromatic rings. The quantitative estimate of drug-likeness (QED) is 0.669. The lowest BCUT2D eigenvalue weighted by molar-refractivity contribution is -0.384. The summed E-state index contributed by atoms with van der Waals surface area (Å²) in [4.78, 5) is 10.5. The van der Waals surface area contributed by atoms with Crippen LogP contribution in [0.25, 0.3) is 11.3 Å². The first kappa shape index (κ1) is 12.8. The van der Waals surface area contributed by atoms with Crippen LogP contribution in [0.5, 0.6) is 0 Å². The minimum atomic E-state index is -0.380. The number of aryl methyl sites for hydroxylation is 1. The van der Waals surface area contributed by atoms with Crippen LogP contribution in [0.3, 0.4) is 0 Å². The summed E-state index contributed by atoms with van der Waals surface area (Å²) in [7, 11) is 1.86. The fraction of sp³-hybridized carbons (Fsp3) is 0.357. The Hall–Kier alpha value is -2.21. The van der Waals surface area contributed by atoms with Gasteiger partial charge in [-0.3, -0.25) is 14.8 Å². The number of hydrogen-bond donors (Lipinski definition) is 1. The zero-order chi connectivity index (χ0) is 14.1. The lowest BCUT2D eigenvalue weighted by Crippen LogP contribution is -2.15. The topological polar surface area (TPSA) is 73.0 Å². The molecular formula is C14H16N4O2. The monoisotopic (exact) mass is 272 g/mol. The van der Waals surface area contributed by atoms with Crippen molar-refractivity contribution in [3.05, 3.63) is 46.1 Å². The molecule has 0 radical (unpaired) electrons. The highest BCUT2D eigenvalue weighted by Crippen LogP contribution is 2.26. The number of nitro groups is 1. The molecule has 104 valence electrons. The first-order valence-electron chi connectivity index (χ1n) is 6.64. The highest BCUT2D eigenvalue weighted by atomic mass is 16.6. The van der Waals surface area contributed by atoms with Gasteiger partial charge in [-0.2, -0.15) is 5.10 Å². The van der Waals surface area contributed by atoms with Crippen molar-refractivity contribution < 1.29 is 4.92 Å². The van der Waals surface area contributed by atoms with Gasteiger partial charge in [-0.05, 0) is 12.8 Å². The predicted octanol–water partition coefficient (Wildman–Crippen LogP) is 2.25. The Kier molecular flexibility index (Phi) is 3.23. The molecule has 1 N–H and O–H groups in total. The van der Waals surface area contributed by atoms with Crippen LogP contribution in [0.1, 0.15) is 18.4 Å². The molecule has 0 saturated heterocycles. The maximum absolute atomic E-state index is 10.9. The van der Waals surface area contributed by atoms with Gasteiger partial charge in [0.25, 0.3) is 5.69 Å². The van der Waals surface area contributed by atoms with Crippen molar-refractivity contribution >= 4 is 5.69 Å². The Bertz CT molecular complexity index is 646. The normalized spacial score (nSPS) is 14.4. The largest absolute Gasteiger partial charge is 0.310 e. The summed E-state index contributed by atoms with van der Waals surface area (Å²) in [5.41, 5.74) is 2.76. The van der Waals surface area contributed by atoms with Gasteiger partial charge in [-0.25, -0.2) is 0 Å². The third kappa shape index (κ3) is 2.70. The van der Waals surface area contributed by atoms with Gasteiger partial charge >= 0.3 is 0 Å². The van der Waals surface area contributed by atoms with E-state index >= 15 is 0 Å². The molecule has 0 unspecified atom stereocenters. The van der Waals surface area contributed by atoms with E-state index in [-0.39, 0.29) is 10.6 Å². The fourth-order valence-electron chi connectivity index (χ4n) is 2.22. The average Bonchev–Trinajstić information content (AvgIpc) is 3.19. The van der Waals surface area contributed by atoms with E-state index in [1.54, 1.807) is 16.8 Å². The number of rotatable bonds is 5. The molecule has 1 aromatic heterocycles. The third-order valence-electron chi connectivity index (χ3n) is 3.39. The van der Waals surface area contributed by atoms with Gasteiger partial charge in [-0.1, -0.05) is 12.1 Å². The van der Waals surface area contributed by atoms with Crippen LogP contribution in [0.2, 0.25) is 0 Å². The van der Waals surface area contributed by atoms with E-state index in [4.69, 9.17) is 0 Å².